The summed E-state index contributed by atoms with van der Waals surface area (Å²) in [5.74, 6) is 0.378. The fraction of sp³-hybridized carbons (Fsp3) is 0.900. The highest BCUT2D eigenvalue weighted by atomic mass is 16.4. The second-order valence-electron chi connectivity index (χ2n) is 5.04. The molecule has 0 aromatic carbocycles. The average molecular weight is 200 g/mol. The van der Waals surface area contributed by atoms with Gasteiger partial charge in [-0.25, -0.2) is 4.79 Å². The van der Waals surface area contributed by atoms with Gasteiger partial charge in [-0.3, -0.25) is 0 Å². The monoisotopic (exact) mass is 200 g/mol. The maximum absolute atomic E-state index is 10.9. The minimum Gasteiger partial charge on any atom is -0.465 e. The topological polar surface area (TPSA) is 66.6 Å². The number of hydrogen-bond acceptors (Lipinski definition) is 2. The summed E-state index contributed by atoms with van der Waals surface area (Å²) in [6.45, 7) is 7.48. The Morgan fingerprint density at radius 2 is 2.14 bits per heavy atom. The molecule has 4 nitrogen and oxygen atoms in total. The van der Waals surface area contributed by atoms with Crippen molar-refractivity contribution in [3.05, 3.63) is 0 Å². The molecular formula is C10H20N2O2. The van der Waals surface area contributed by atoms with Crippen LogP contribution < -0.4 is 5.73 Å². The molecule has 1 fully saturated rings. The smallest absolute Gasteiger partial charge is 0.407 e. The fourth-order valence-electron chi connectivity index (χ4n) is 2.39. The van der Waals surface area contributed by atoms with E-state index >= 15 is 0 Å². The Balaban J connectivity index is 2.79. The number of likely N-dealkylation sites (tertiary alicyclic amines) is 1. The SMILES string of the molecule is CC(C)(C)[C@@H]1CCN(C(=O)O)C1CN. The maximum atomic E-state index is 10.9. The summed E-state index contributed by atoms with van der Waals surface area (Å²) in [5.41, 5.74) is 5.78. The summed E-state index contributed by atoms with van der Waals surface area (Å²) in [6, 6.07) is -0.00694. The van der Waals surface area contributed by atoms with Crippen LogP contribution >= 0.6 is 0 Å². The summed E-state index contributed by atoms with van der Waals surface area (Å²) < 4.78 is 0. The molecule has 0 saturated carbocycles. The first-order valence-electron chi connectivity index (χ1n) is 5.07. The molecule has 1 saturated heterocycles. The van der Waals surface area contributed by atoms with Gasteiger partial charge >= 0.3 is 6.09 Å². The number of carboxylic acid groups (broad SMARTS) is 1. The molecule has 1 amide bonds. The lowest BCUT2D eigenvalue weighted by Gasteiger charge is -2.33. The number of nitrogens with two attached hydrogens (primary N) is 1. The highest BCUT2D eigenvalue weighted by Crippen LogP contribution is 2.37. The first-order valence-corrected chi connectivity index (χ1v) is 5.07. The van der Waals surface area contributed by atoms with Gasteiger partial charge in [0.1, 0.15) is 0 Å². The molecule has 1 rings (SSSR count). The van der Waals surface area contributed by atoms with Crippen LogP contribution in [0.2, 0.25) is 0 Å². The van der Waals surface area contributed by atoms with Crippen molar-refractivity contribution in [1.82, 2.24) is 4.90 Å². The van der Waals surface area contributed by atoms with Crippen LogP contribution in [0.5, 0.6) is 0 Å². The summed E-state index contributed by atoms with van der Waals surface area (Å²) >= 11 is 0. The normalized spacial score (nSPS) is 28.1. The zero-order valence-corrected chi connectivity index (χ0v) is 9.16. The maximum Gasteiger partial charge on any atom is 0.407 e. The zero-order chi connectivity index (χ0) is 10.9. The van der Waals surface area contributed by atoms with Crippen molar-refractivity contribution in [3.8, 4) is 0 Å². The number of carbonyl (C=O) groups is 1. The Morgan fingerprint density at radius 1 is 1.57 bits per heavy atom. The van der Waals surface area contributed by atoms with Crippen molar-refractivity contribution in [2.45, 2.75) is 33.2 Å². The minimum absolute atomic E-state index is 0.00694. The number of nitrogens with zero attached hydrogens (tertiary/aromatic N) is 1. The molecule has 2 atom stereocenters. The largest absolute Gasteiger partial charge is 0.465 e. The van der Waals surface area contributed by atoms with E-state index in [0.29, 0.717) is 19.0 Å². The van der Waals surface area contributed by atoms with Crippen molar-refractivity contribution in [2.75, 3.05) is 13.1 Å². The van der Waals surface area contributed by atoms with Gasteiger partial charge in [0.2, 0.25) is 0 Å². The predicted molar refractivity (Wildman–Crippen MR) is 55.1 cm³/mol. The quantitative estimate of drug-likeness (QED) is 0.671. The van der Waals surface area contributed by atoms with E-state index < -0.39 is 6.09 Å². The molecule has 0 bridgehead atoms. The molecule has 1 unspecified atom stereocenters. The molecule has 1 aliphatic heterocycles. The zero-order valence-electron chi connectivity index (χ0n) is 9.16. The van der Waals surface area contributed by atoms with E-state index in [0.717, 1.165) is 6.42 Å². The van der Waals surface area contributed by atoms with Crippen LogP contribution in [0.25, 0.3) is 0 Å². The third-order valence-electron chi connectivity index (χ3n) is 3.15. The van der Waals surface area contributed by atoms with Gasteiger partial charge in [0.15, 0.2) is 0 Å². The molecule has 0 aliphatic carbocycles. The molecule has 82 valence electrons. The van der Waals surface area contributed by atoms with Crippen molar-refractivity contribution < 1.29 is 9.90 Å². The van der Waals surface area contributed by atoms with Crippen LogP contribution in [0.4, 0.5) is 4.79 Å². The first-order chi connectivity index (χ1) is 6.38. The lowest BCUT2D eigenvalue weighted by Crippen LogP contribution is -2.44. The predicted octanol–water partition coefficient (Wildman–Crippen LogP) is 1.36. The Morgan fingerprint density at radius 3 is 2.50 bits per heavy atom. The Labute approximate surface area is 85.1 Å². The highest BCUT2D eigenvalue weighted by molar-refractivity contribution is 5.66. The Kier molecular flexibility index (Phi) is 3.04. The second kappa shape index (κ2) is 3.77. The standard InChI is InChI=1S/C10H20N2O2/c1-10(2,3)7-4-5-12(9(13)14)8(7)6-11/h7-8H,4-6,11H2,1-3H3,(H,13,14)/t7-,8?/m1/s1. The molecule has 0 aromatic rings. The van der Waals surface area contributed by atoms with Gasteiger partial charge in [-0.05, 0) is 17.8 Å². The molecule has 1 aliphatic rings. The van der Waals surface area contributed by atoms with E-state index in [-0.39, 0.29) is 11.5 Å². The summed E-state index contributed by atoms with van der Waals surface area (Å²) in [7, 11) is 0. The first kappa shape index (κ1) is 11.3. The third-order valence-corrected chi connectivity index (χ3v) is 3.15. The molecule has 0 spiro atoms. The number of rotatable bonds is 1. The van der Waals surface area contributed by atoms with E-state index in [1.165, 1.54) is 4.90 Å². The van der Waals surface area contributed by atoms with Gasteiger partial charge in [-0.2, -0.15) is 0 Å². The van der Waals surface area contributed by atoms with E-state index in [9.17, 15) is 4.79 Å². The van der Waals surface area contributed by atoms with Crippen LogP contribution in [-0.4, -0.2) is 35.2 Å². The summed E-state index contributed by atoms with van der Waals surface area (Å²) in [5, 5.41) is 8.97. The Bertz CT molecular complexity index is 223. The number of hydrogen-bond donors (Lipinski definition) is 2. The summed E-state index contributed by atoms with van der Waals surface area (Å²) in [6.07, 6.45) is 0.0877. The van der Waals surface area contributed by atoms with Gasteiger partial charge in [0.05, 0.1) is 6.04 Å². The van der Waals surface area contributed by atoms with Crippen LogP contribution in [-0.2, 0) is 0 Å². The number of amides is 1. The molecule has 3 N–H and O–H groups in total. The molecule has 0 aromatic heterocycles. The average Bonchev–Trinajstić information content (AvgIpc) is 2.45. The van der Waals surface area contributed by atoms with Crippen molar-refractivity contribution in [1.29, 1.82) is 0 Å². The highest BCUT2D eigenvalue weighted by Gasteiger charge is 2.41. The van der Waals surface area contributed by atoms with Crippen LogP contribution in [0.1, 0.15) is 27.2 Å². The van der Waals surface area contributed by atoms with E-state index in [2.05, 4.69) is 20.8 Å². The minimum atomic E-state index is -0.841. The van der Waals surface area contributed by atoms with Crippen molar-refractivity contribution in [3.63, 3.8) is 0 Å². The van der Waals surface area contributed by atoms with Crippen molar-refractivity contribution in [2.24, 2.45) is 17.1 Å². The van der Waals surface area contributed by atoms with Crippen LogP contribution in [0.3, 0.4) is 0 Å². The van der Waals surface area contributed by atoms with Gasteiger partial charge in [-0.1, -0.05) is 20.8 Å². The van der Waals surface area contributed by atoms with E-state index in [1.54, 1.807) is 0 Å². The van der Waals surface area contributed by atoms with Crippen molar-refractivity contribution >= 4 is 6.09 Å². The third kappa shape index (κ3) is 2.00. The van der Waals surface area contributed by atoms with Crippen LogP contribution in [0, 0.1) is 11.3 Å². The lowest BCUT2D eigenvalue weighted by atomic mass is 9.76. The lowest BCUT2D eigenvalue weighted by molar-refractivity contribution is 0.120. The van der Waals surface area contributed by atoms with E-state index in [1.807, 2.05) is 0 Å². The van der Waals surface area contributed by atoms with Gasteiger partial charge < -0.3 is 15.7 Å². The fourth-order valence-corrected chi connectivity index (χ4v) is 2.39. The van der Waals surface area contributed by atoms with Gasteiger partial charge in [-0.15, -0.1) is 0 Å². The molecule has 0 radical (unpaired) electrons. The summed E-state index contributed by atoms with van der Waals surface area (Å²) in [4.78, 5) is 12.4. The Hall–Kier alpha value is -0.770. The molecule has 4 heteroatoms. The molecular weight excluding hydrogens is 180 g/mol. The second-order valence-corrected chi connectivity index (χ2v) is 5.04. The molecule has 14 heavy (non-hydrogen) atoms. The van der Waals surface area contributed by atoms with E-state index in [4.69, 9.17) is 10.8 Å². The molecule has 1 heterocycles. The van der Waals surface area contributed by atoms with Gasteiger partial charge in [0.25, 0.3) is 0 Å². The van der Waals surface area contributed by atoms with Gasteiger partial charge in [0, 0.05) is 13.1 Å². The van der Waals surface area contributed by atoms with Crippen LogP contribution in [0.15, 0.2) is 0 Å².